The summed E-state index contributed by atoms with van der Waals surface area (Å²) in [7, 11) is 0. The van der Waals surface area contributed by atoms with Gasteiger partial charge in [-0.2, -0.15) is 0 Å². The molecule has 0 aliphatic heterocycles. The van der Waals surface area contributed by atoms with Crippen molar-refractivity contribution in [3.05, 3.63) is 41.8 Å². The number of esters is 1. The minimum Gasteiger partial charge on any atom is -0.455 e. The summed E-state index contributed by atoms with van der Waals surface area (Å²) in [6.45, 7) is 11.0. The minimum atomic E-state index is -0.874. The van der Waals surface area contributed by atoms with E-state index in [1.165, 1.54) is 0 Å². The van der Waals surface area contributed by atoms with Gasteiger partial charge in [0, 0.05) is 16.5 Å². The molecule has 2 unspecified atom stereocenters. The Hall–Kier alpha value is -1.72. The Morgan fingerprint density at radius 1 is 1.27 bits per heavy atom. The average molecular weight is 380 g/mol. The van der Waals surface area contributed by atoms with Crippen molar-refractivity contribution in [1.29, 1.82) is 5.41 Å². The molecular weight excluding hydrogens is 352 g/mol. The van der Waals surface area contributed by atoms with Crippen molar-refractivity contribution in [2.45, 2.75) is 52.2 Å². The number of halogens is 1. The average Bonchev–Trinajstić information content (AvgIpc) is 2.57. The SMILES string of the molecule is [CH2]CC(C(N)C(=O)c1ccc(Cl)cc1)[C@H](CC)C(=N)C(=O)OC(C)(C)C. The number of hydrogen-bond donors (Lipinski definition) is 2. The van der Waals surface area contributed by atoms with Crippen LogP contribution in [-0.2, 0) is 9.53 Å². The van der Waals surface area contributed by atoms with Crippen molar-refractivity contribution < 1.29 is 14.3 Å². The number of benzene rings is 1. The molecule has 0 saturated carbocycles. The molecule has 1 aromatic rings. The van der Waals surface area contributed by atoms with Crippen LogP contribution in [0, 0.1) is 24.2 Å². The monoisotopic (exact) mass is 379 g/mol. The first-order valence-electron chi connectivity index (χ1n) is 8.68. The van der Waals surface area contributed by atoms with Gasteiger partial charge < -0.3 is 10.5 Å². The highest BCUT2D eigenvalue weighted by atomic mass is 35.5. The molecule has 0 bridgehead atoms. The summed E-state index contributed by atoms with van der Waals surface area (Å²) in [5, 5.41) is 8.78. The Labute approximate surface area is 160 Å². The lowest BCUT2D eigenvalue weighted by Crippen LogP contribution is -2.45. The molecule has 0 fully saturated rings. The van der Waals surface area contributed by atoms with Crippen LogP contribution in [0.4, 0.5) is 0 Å². The van der Waals surface area contributed by atoms with Crippen molar-refractivity contribution in [3.8, 4) is 0 Å². The first kappa shape index (κ1) is 22.3. The van der Waals surface area contributed by atoms with Gasteiger partial charge in [-0.05, 0) is 63.8 Å². The number of carbonyl (C=O) groups excluding carboxylic acids is 2. The van der Waals surface area contributed by atoms with Gasteiger partial charge in [0.05, 0.1) is 6.04 Å². The summed E-state index contributed by atoms with van der Waals surface area (Å²) in [5.74, 6) is -1.89. The van der Waals surface area contributed by atoms with Gasteiger partial charge in [0.25, 0.3) is 0 Å². The molecule has 0 amide bonds. The molecule has 0 saturated heterocycles. The third kappa shape index (κ3) is 5.92. The van der Waals surface area contributed by atoms with E-state index in [0.29, 0.717) is 23.4 Å². The summed E-state index contributed by atoms with van der Waals surface area (Å²) in [4.78, 5) is 25.0. The van der Waals surface area contributed by atoms with Crippen molar-refractivity contribution in [1.82, 2.24) is 0 Å². The van der Waals surface area contributed by atoms with Gasteiger partial charge in [-0.1, -0.05) is 25.4 Å². The van der Waals surface area contributed by atoms with Gasteiger partial charge in [0.15, 0.2) is 5.78 Å². The molecule has 1 radical (unpaired) electrons. The lowest BCUT2D eigenvalue weighted by atomic mass is 9.77. The lowest BCUT2D eigenvalue weighted by Gasteiger charge is -2.30. The first-order valence-corrected chi connectivity index (χ1v) is 9.06. The highest BCUT2D eigenvalue weighted by molar-refractivity contribution is 6.36. The molecule has 0 heterocycles. The van der Waals surface area contributed by atoms with Gasteiger partial charge in [0.1, 0.15) is 11.3 Å². The molecule has 1 rings (SSSR count). The largest absolute Gasteiger partial charge is 0.455 e. The molecule has 0 spiro atoms. The predicted octanol–water partition coefficient (Wildman–Crippen LogP) is 4.08. The van der Waals surface area contributed by atoms with E-state index in [0.717, 1.165) is 0 Å². The van der Waals surface area contributed by atoms with Gasteiger partial charge in [-0.25, -0.2) is 4.79 Å². The molecule has 3 atom stereocenters. The van der Waals surface area contributed by atoms with Crippen molar-refractivity contribution >= 4 is 29.1 Å². The second-order valence-corrected chi connectivity index (χ2v) is 7.72. The van der Waals surface area contributed by atoms with Crippen LogP contribution in [0.15, 0.2) is 24.3 Å². The number of rotatable bonds is 8. The summed E-state index contributed by atoms with van der Waals surface area (Å²) < 4.78 is 5.29. The summed E-state index contributed by atoms with van der Waals surface area (Å²) in [5.41, 5.74) is 5.79. The smallest absolute Gasteiger partial charge is 0.352 e. The molecular formula is C20H28ClN2O3. The zero-order chi connectivity index (χ0) is 20.1. The van der Waals surface area contributed by atoms with Crippen LogP contribution in [-0.4, -0.2) is 29.1 Å². The Kier molecular flexibility index (Phi) is 7.97. The second-order valence-electron chi connectivity index (χ2n) is 7.28. The minimum absolute atomic E-state index is 0.171. The van der Waals surface area contributed by atoms with Crippen molar-refractivity contribution in [2.24, 2.45) is 17.6 Å². The maximum atomic E-state index is 12.7. The fourth-order valence-electron chi connectivity index (χ4n) is 2.84. The number of nitrogens with two attached hydrogens (primary N) is 1. The van der Waals surface area contributed by atoms with E-state index >= 15 is 0 Å². The highest BCUT2D eigenvalue weighted by Crippen LogP contribution is 2.26. The topological polar surface area (TPSA) is 93.2 Å². The van der Waals surface area contributed by atoms with E-state index in [-0.39, 0.29) is 11.5 Å². The Bertz CT molecular complexity index is 650. The van der Waals surface area contributed by atoms with Gasteiger partial charge in [-0.15, -0.1) is 0 Å². The van der Waals surface area contributed by atoms with Crippen LogP contribution in [0.5, 0.6) is 0 Å². The number of Topliss-reactive ketones (excluding diaryl/α,β-unsaturated/α-hetero) is 1. The van der Waals surface area contributed by atoms with Crippen LogP contribution in [0.25, 0.3) is 0 Å². The first-order chi connectivity index (χ1) is 12.0. The van der Waals surface area contributed by atoms with E-state index < -0.39 is 29.4 Å². The lowest BCUT2D eigenvalue weighted by molar-refractivity contribution is -0.146. The summed E-state index contributed by atoms with van der Waals surface area (Å²) >= 11 is 5.86. The predicted molar refractivity (Wildman–Crippen MR) is 105 cm³/mol. The third-order valence-corrected chi connectivity index (χ3v) is 4.42. The van der Waals surface area contributed by atoms with Crippen LogP contribution in [0.1, 0.15) is 50.9 Å². The fourth-order valence-corrected chi connectivity index (χ4v) is 2.96. The van der Waals surface area contributed by atoms with E-state index in [2.05, 4.69) is 6.92 Å². The maximum absolute atomic E-state index is 12.7. The Morgan fingerprint density at radius 3 is 2.23 bits per heavy atom. The van der Waals surface area contributed by atoms with E-state index in [4.69, 9.17) is 27.5 Å². The standard InChI is InChI=1S/C20H28ClN2O3/c1-6-14(15(7-2)17(23)19(25)26-20(3,4)5)16(22)18(24)12-8-10-13(21)11-9-12/h8-11,14-16,23H,1,6-7,22H2,2-5H3/t14?,15-,16?/m0/s1. The van der Waals surface area contributed by atoms with E-state index in [1.54, 1.807) is 45.0 Å². The maximum Gasteiger partial charge on any atom is 0.352 e. The number of ketones is 1. The molecule has 0 aliphatic carbocycles. The summed E-state index contributed by atoms with van der Waals surface area (Å²) in [6.07, 6.45) is 0.810. The van der Waals surface area contributed by atoms with Crippen LogP contribution < -0.4 is 5.73 Å². The third-order valence-electron chi connectivity index (χ3n) is 4.17. The number of carbonyl (C=O) groups is 2. The zero-order valence-corrected chi connectivity index (χ0v) is 16.6. The molecule has 0 aliphatic rings. The van der Waals surface area contributed by atoms with Gasteiger partial charge in [0.2, 0.25) is 0 Å². The normalized spacial score (nSPS) is 15.0. The van der Waals surface area contributed by atoms with Crippen molar-refractivity contribution in [3.63, 3.8) is 0 Å². The molecule has 26 heavy (non-hydrogen) atoms. The quantitative estimate of drug-likeness (QED) is 0.404. The number of nitrogens with one attached hydrogen (secondary N) is 1. The highest BCUT2D eigenvalue weighted by Gasteiger charge is 2.36. The molecule has 1 aromatic carbocycles. The van der Waals surface area contributed by atoms with Crippen LogP contribution in [0.2, 0.25) is 5.02 Å². The molecule has 5 nitrogen and oxygen atoms in total. The Balaban J connectivity index is 3.01. The van der Waals surface area contributed by atoms with Crippen LogP contribution in [0.3, 0.4) is 0 Å². The van der Waals surface area contributed by atoms with Gasteiger partial charge >= 0.3 is 5.97 Å². The van der Waals surface area contributed by atoms with Gasteiger partial charge in [-0.3, -0.25) is 10.2 Å². The number of hydrogen-bond acceptors (Lipinski definition) is 5. The zero-order valence-electron chi connectivity index (χ0n) is 15.8. The fraction of sp³-hybridized carbons (Fsp3) is 0.500. The van der Waals surface area contributed by atoms with E-state index in [9.17, 15) is 9.59 Å². The number of ether oxygens (including phenoxy) is 1. The van der Waals surface area contributed by atoms with E-state index in [1.807, 2.05) is 6.92 Å². The molecule has 0 aromatic heterocycles. The van der Waals surface area contributed by atoms with Crippen LogP contribution >= 0.6 is 11.6 Å². The van der Waals surface area contributed by atoms with Crippen molar-refractivity contribution in [2.75, 3.05) is 0 Å². The summed E-state index contributed by atoms with van der Waals surface area (Å²) in [6, 6.07) is 5.61. The Morgan fingerprint density at radius 2 is 1.81 bits per heavy atom. The molecule has 3 N–H and O–H groups in total. The molecule has 6 heteroatoms. The molecule has 143 valence electrons. The second kappa shape index (κ2) is 9.28.